The molecule has 2 N–H and O–H groups in total. The van der Waals surface area contributed by atoms with E-state index in [0.29, 0.717) is 13.0 Å². The third kappa shape index (κ3) is 1.96. The Morgan fingerprint density at radius 2 is 2.08 bits per heavy atom. The summed E-state index contributed by atoms with van der Waals surface area (Å²) in [6.07, 6.45) is -4.36. The van der Waals surface area contributed by atoms with Crippen LogP contribution in [0.1, 0.15) is 19.8 Å². The van der Waals surface area contributed by atoms with E-state index in [1.165, 1.54) is 6.92 Å². The highest BCUT2D eigenvalue weighted by Crippen LogP contribution is 2.40. The summed E-state index contributed by atoms with van der Waals surface area (Å²) in [5, 5.41) is 12.4. The number of rotatable bonds is 0. The van der Waals surface area contributed by atoms with Gasteiger partial charge in [-0.1, -0.05) is 6.92 Å². The monoisotopic (exact) mass is 197 g/mol. The summed E-state index contributed by atoms with van der Waals surface area (Å²) < 4.78 is 37.4. The van der Waals surface area contributed by atoms with E-state index in [2.05, 4.69) is 5.32 Å². The molecule has 1 rings (SSSR count). The molecular weight excluding hydrogens is 183 g/mol. The fourth-order valence-electron chi connectivity index (χ4n) is 1.64. The van der Waals surface area contributed by atoms with E-state index < -0.39 is 17.7 Å². The van der Waals surface area contributed by atoms with Gasteiger partial charge in [-0.25, -0.2) is 0 Å². The standard InChI is InChI=1S/C8H14F3NO/c1-6-5-12-4-2-3-7(6,13)8(9,10)11/h6,12-13H,2-5H2,1H3/t6-,7+/m1/s1. The van der Waals surface area contributed by atoms with E-state index in [1.54, 1.807) is 0 Å². The van der Waals surface area contributed by atoms with Crippen LogP contribution in [0.15, 0.2) is 0 Å². The molecule has 0 bridgehead atoms. The maximum absolute atomic E-state index is 12.5. The average molecular weight is 197 g/mol. The summed E-state index contributed by atoms with van der Waals surface area (Å²) in [5.74, 6) is -0.782. The molecule has 1 aliphatic rings. The molecule has 2 atom stereocenters. The van der Waals surface area contributed by atoms with Crippen molar-refractivity contribution in [3.8, 4) is 0 Å². The summed E-state index contributed by atoms with van der Waals surface area (Å²) in [4.78, 5) is 0. The lowest BCUT2D eigenvalue weighted by molar-refractivity contribution is -0.278. The average Bonchev–Trinajstić information content (AvgIpc) is 2.14. The van der Waals surface area contributed by atoms with Crippen LogP contribution in [-0.4, -0.2) is 30.0 Å². The van der Waals surface area contributed by atoms with Gasteiger partial charge in [-0.2, -0.15) is 13.2 Å². The van der Waals surface area contributed by atoms with Crippen LogP contribution in [0, 0.1) is 5.92 Å². The highest BCUT2D eigenvalue weighted by molar-refractivity contribution is 4.93. The molecule has 0 aromatic heterocycles. The smallest absolute Gasteiger partial charge is 0.380 e. The van der Waals surface area contributed by atoms with Gasteiger partial charge in [0, 0.05) is 12.5 Å². The molecule has 0 radical (unpaired) electrons. The van der Waals surface area contributed by atoms with Crippen molar-refractivity contribution < 1.29 is 18.3 Å². The van der Waals surface area contributed by atoms with Crippen molar-refractivity contribution in [1.29, 1.82) is 0 Å². The Labute approximate surface area is 75.1 Å². The topological polar surface area (TPSA) is 32.3 Å². The van der Waals surface area contributed by atoms with Crippen LogP contribution in [0.4, 0.5) is 13.2 Å². The fraction of sp³-hybridized carbons (Fsp3) is 1.00. The van der Waals surface area contributed by atoms with Gasteiger partial charge in [-0.05, 0) is 19.4 Å². The zero-order chi connectivity index (χ0) is 10.1. The highest BCUT2D eigenvalue weighted by atomic mass is 19.4. The number of aliphatic hydroxyl groups is 1. The molecule has 1 saturated heterocycles. The maximum atomic E-state index is 12.5. The van der Waals surface area contributed by atoms with Gasteiger partial charge in [0.1, 0.15) is 0 Å². The lowest BCUT2D eigenvalue weighted by Gasteiger charge is -2.34. The Kier molecular flexibility index (Phi) is 2.87. The molecule has 78 valence electrons. The molecular formula is C8H14F3NO. The molecule has 0 aliphatic carbocycles. The van der Waals surface area contributed by atoms with Crippen LogP contribution in [0.25, 0.3) is 0 Å². The van der Waals surface area contributed by atoms with Crippen molar-refractivity contribution in [3.05, 3.63) is 0 Å². The van der Waals surface area contributed by atoms with Gasteiger partial charge in [0.15, 0.2) is 5.60 Å². The predicted octanol–water partition coefficient (Wildman–Crippen LogP) is 1.30. The van der Waals surface area contributed by atoms with Crippen molar-refractivity contribution >= 4 is 0 Å². The van der Waals surface area contributed by atoms with Crippen molar-refractivity contribution in [3.63, 3.8) is 0 Å². The first-order chi connectivity index (χ1) is 5.88. The molecule has 0 amide bonds. The molecule has 1 aliphatic heterocycles. The largest absolute Gasteiger partial charge is 0.417 e. The summed E-state index contributed by atoms with van der Waals surface area (Å²) >= 11 is 0. The van der Waals surface area contributed by atoms with Crippen LogP contribution >= 0.6 is 0 Å². The second-order valence-electron chi connectivity index (χ2n) is 3.63. The highest BCUT2D eigenvalue weighted by Gasteiger charge is 2.56. The van der Waals surface area contributed by atoms with Crippen molar-refractivity contribution in [2.24, 2.45) is 5.92 Å². The molecule has 0 unspecified atom stereocenters. The van der Waals surface area contributed by atoms with Crippen molar-refractivity contribution in [1.82, 2.24) is 5.32 Å². The Morgan fingerprint density at radius 3 is 2.62 bits per heavy atom. The van der Waals surface area contributed by atoms with Crippen molar-refractivity contribution in [2.75, 3.05) is 13.1 Å². The van der Waals surface area contributed by atoms with E-state index in [1.807, 2.05) is 0 Å². The lowest BCUT2D eigenvalue weighted by Crippen LogP contribution is -2.51. The van der Waals surface area contributed by atoms with Gasteiger partial charge in [0.05, 0.1) is 0 Å². The summed E-state index contributed by atoms with van der Waals surface area (Å²) in [7, 11) is 0. The van der Waals surface area contributed by atoms with Gasteiger partial charge in [0.2, 0.25) is 0 Å². The lowest BCUT2D eigenvalue weighted by atomic mass is 9.85. The molecule has 0 spiro atoms. The van der Waals surface area contributed by atoms with Crippen LogP contribution in [0.3, 0.4) is 0 Å². The van der Waals surface area contributed by atoms with Gasteiger partial charge >= 0.3 is 6.18 Å². The number of alkyl halides is 3. The molecule has 0 aromatic rings. The zero-order valence-corrected chi connectivity index (χ0v) is 7.49. The summed E-state index contributed by atoms with van der Waals surface area (Å²) in [6, 6.07) is 0. The molecule has 0 saturated carbocycles. The Hall–Kier alpha value is -0.290. The van der Waals surface area contributed by atoms with E-state index in [-0.39, 0.29) is 13.0 Å². The van der Waals surface area contributed by atoms with E-state index in [0.717, 1.165) is 0 Å². The molecule has 13 heavy (non-hydrogen) atoms. The molecule has 1 heterocycles. The number of nitrogens with one attached hydrogen (secondary N) is 1. The first-order valence-corrected chi connectivity index (χ1v) is 4.38. The van der Waals surface area contributed by atoms with Gasteiger partial charge < -0.3 is 10.4 Å². The summed E-state index contributed by atoms with van der Waals surface area (Å²) in [6.45, 7) is 2.19. The van der Waals surface area contributed by atoms with Crippen LogP contribution in [0.5, 0.6) is 0 Å². The Morgan fingerprint density at radius 1 is 1.46 bits per heavy atom. The van der Waals surface area contributed by atoms with E-state index in [9.17, 15) is 18.3 Å². The third-order valence-corrected chi connectivity index (χ3v) is 2.67. The van der Waals surface area contributed by atoms with Crippen LogP contribution in [0.2, 0.25) is 0 Å². The normalized spacial score (nSPS) is 37.2. The first kappa shape index (κ1) is 10.8. The quantitative estimate of drug-likeness (QED) is 0.613. The second kappa shape index (κ2) is 3.46. The number of hydrogen-bond donors (Lipinski definition) is 2. The van der Waals surface area contributed by atoms with Gasteiger partial charge in [-0.15, -0.1) is 0 Å². The van der Waals surface area contributed by atoms with Gasteiger partial charge in [-0.3, -0.25) is 0 Å². The molecule has 2 nitrogen and oxygen atoms in total. The third-order valence-electron chi connectivity index (χ3n) is 2.67. The molecule has 1 fully saturated rings. The summed E-state index contributed by atoms with van der Waals surface area (Å²) in [5.41, 5.74) is -2.50. The second-order valence-corrected chi connectivity index (χ2v) is 3.63. The molecule has 0 aromatic carbocycles. The Bertz CT molecular complexity index is 183. The van der Waals surface area contributed by atoms with Crippen LogP contribution in [-0.2, 0) is 0 Å². The first-order valence-electron chi connectivity index (χ1n) is 4.38. The van der Waals surface area contributed by atoms with Crippen LogP contribution < -0.4 is 5.32 Å². The minimum absolute atomic E-state index is 0.204. The molecule has 5 heteroatoms. The Balaban J connectivity index is 2.83. The number of halogens is 3. The van der Waals surface area contributed by atoms with E-state index >= 15 is 0 Å². The fourth-order valence-corrected chi connectivity index (χ4v) is 1.64. The number of hydrogen-bond acceptors (Lipinski definition) is 2. The maximum Gasteiger partial charge on any atom is 0.417 e. The van der Waals surface area contributed by atoms with E-state index in [4.69, 9.17) is 0 Å². The SMILES string of the molecule is C[C@@H]1CNCCC[C@@]1(O)C(F)(F)F. The van der Waals surface area contributed by atoms with Gasteiger partial charge in [0.25, 0.3) is 0 Å². The minimum Gasteiger partial charge on any atom is -0.380 e. The minimum atomic E-state index is -4.52. The zero-order valence-electron chi connectivity index (χ0n) is 7.49. The predicted molar refractivity (Wildman–Crippen MR) is 42.3 cm³/mol. The van der Waals surface area contributed by atoms with Crippen molar-refractivity contribution in [2.45, 2.75) is 31.5 Å².